The van der Waals surface area contributed by atoms with Gasteiger partial charge in [-0.15, -0.1) is 0 Å². The molecule has 0 atom stereocenters. The van der Waals surface area contributed by atoms with E-state index in [0.717, 1.165) is 0 Å². The number of rotatable bonds is 0. The molecule has 0 rings (SSSR count). The van der Waals surface area contributed by atoms with Gasteiger partial charge in [-0.25, -0.2) is 14.4 Å². The van der Waals surface area contributed by atoms with Gasteiger partial charge in [0.1, 0.15) is 0 Å². The van der Waals surface area contributed by atoms with Crippen LogP contribution in [0, 0.1) is 0 Å². The van der Waals surface area contributed by atoms with E-state index in [9.17, 15) is 14.4 Å². The molecule has 0 radical (unpaired) electrons. The number of ether oxygens (including phenoxy) is 2. The van der Waals surface area contributed by atoms with Crippen molar-refractivity contribution in [1.29, 1.82) is 0 Å². The smallest absolute Gasteiger partial charge is 1.00 e. The van der Waals surface area contributed by atoms with Crippen LogP contribution in [0.2, 0.25) is 0 Å². The van der Waals surface area contributed by atoms with Crippen LogP contribution in [0.1, 0.15) is 11.4 Å². The minimum absolute atomic E-state index is 0. The van der Waals surface area contributed by atoms with Crippen LogP contribution in [0.4, 0.5) is 14.4 Å². The summed E-state index contributed by atoms with van der Waals surface area (Å²) in [6.45, 7) is 0. The Kier molecular flexibility index (Phi) is 37.7. The van der Waals surface area contributed by atoms with Gasteiger partial charge in [-0.2, -0.15) is 0 Å². The Bertz CT molecular complexity index is 189. The van der Waals surface area contributed by atoms with Gasteiger partial charge in [0.2, 0.25) is 0 Å². The molecule has 14 heavy (non-hydrogen) atoms. The fraction of sp³-hybridized carbons (Fsp3) is 0. The Morgan fingerprint density at radius 2 is 1.07 bits per heavy atom. The van der Waals surface area contributed by atoms with Crippen LogP contribution in [0.5, 0.6) is 0 Å². The summed E-state index contributed by atoms with van der Waals surface area (Å²) in [5, 5.41) is 15.4. The quantitative estimate of drug-likeness (QED) is 0.363. The van der Waals surface area contributed by atoms with Crippen molar-refractivity contribution in [3.63, 3.8) is 0 Å². The van der Waals surface area contributed by atoms with Crippen molar-refractivity contribution in [2.75, 3.05) is 0 Å². The Morgan fingerprint density at radius 1 is 0.857 bits per heavy atom. The number of carbonyl (C=O) groups is 3. The first-order chi connectivity index (χ1) is 4.52. The molecule has 0 aromatic rings. The second-order valence-electron chi connectivity index (χ2n) is 0.986. The summed E-state index contributed by atoms with van der Waals surface area (Å²) >= 11 is 0. The van der Waals surface area contributed by atoms with E-state index in [4.69, 9.17) is 10.2 Å². The molecule has 0 aliphatic rings. The van der Waals surface area contributed by atoms with Gasteiger partial charge >= 0.3 is 140 Å². The van der Waals surface area contributed by atoms with Crippen molar-refractivity contribution in [2.45, 2.75) is 0 Å². The number of carbonyl (C=O) groups excluding carboxylic acids is 1. The molecular formula is C3H10Ca2Mg2O7. The van der Waals surface area contributed by atoms with Gasteiger partial charge in [0.15, 0.2) is 0 Å². The molecule has 0 heterocycles. The summed E-state index contributed by atoms with van der Waals surface area (Å²) < 4.78 is 6.47. The van der Waals surface area contributed by atoms with Gasteiger partial charge in [-0.3, -0.25) is 0 Å². The molecule has 7 nitrogen and oxygen atoms in total. The zero-order chi connectivity index (χ0) is 8.15. The van der Waals surface area contributed by atoms with Crippen molar-refractivity contribution in [3.8, 4) is 0 Å². The molecule has 0 aliphatic carbocycles. The van der Waals surface area contributed by atoms with E-state index >= 15 is 0 Å². The summed E-state index contributed by atoms with van der Waals surface area (Å²) in [4.78, 5) is 28.8. The molecule has 0 fully saturated rings. The van der Waals surface area contributed by atoms with Crippen LogP contribution < -0.4 is 0 Å². The van der Waals surface area contributed by atoms with Crippen molar-refractivity contribution in [2.24, 2.45) is 0 Å². The Hall–Kier alpha value is 2.26. The number of hydrogen-bond acceptors (Lipinski definition) is 5. The van der Waals surface area contributed by atoms with E-state index < -0.39 is 18.5 Å². The van der Waals surface area contributed by atoms with Gasteiger partial charge < -0.3 is 31.1 Å². The second kappa shape index (κ2) is 17.7. The van der Waals surface area contributed by atoms with Crippen LogP contribution in [-0.4, -0.2) is 150 Å². The fourth-order valence-corrected chi connectivity index (χ4v) is 0.163. The van der Waals surface area contributed by atoms with Gasteiger partial charge in [0.25, 0.3) is 0 Å². The molecule has 72 valence electrons. The SMILES string of the molecule is O=C(O)OC(=O)OC(=O)O.[Ca+2].[Ca+2].[H-].[H-].[H-].[H-].[H-].[H-].[H-].[H-].[Mg+2].[Mg+2]. The molecule has 0 aliphatic heterocycles. The van der Waals surface area contributed by atoms with Crippen LogP contribution in [0.25, 0.3) is 0 Å². The first-order valence-corrected chi connectivity index (χ1v) is 1.88. The molecule has 2 N–H and O–H groups in total. The van der Waals surface area contributed by atoms with Gasteiger partial charge in [0.05, 0.1) is 0 Å². The molecule has 0 aromatic carbocycles. The zero-order valence-electron chi connectivity index (χ0n) is 15.3. The van der Waals surface area contributed by atoms with Gasteiger partial charge in [-0.05, 0) is 0 Å². The van der Waals surface area contributed by atoms with Crippen molar-refractivity contribution < 1.29 is 45.5 Å². The zero-order valence-corrected chi connectivity index (χ0v) is 14.5. The maximum absolute atomic E-state index is 9.86. The minimum atomic E-state index is -1.92. The van der Waals surface area contributed by atoms with Crippen molar-refractivity contribution in [3.05, 3.63) is 0 Å². The minimum Gasteiger partial charge on any atom is -1.00 e. The molecule has 0 saturated carbocycles. The molecule has 0 aromatic heterocycles. The molecule has 0 saturated heterocycles. The third kappa shape index (κ3) is 23.8. The van der Waals surface area contributed by atoms with E-state index in [1.54, 1.807) is 0 Å². The number of carboxylic acid groups (broad SMARTS) is 2. The van der Waals surface area contributed by atoms with Crippen LogP contribution in [0.3, 0.4) is 0 Å². The van der Waals surface area contributed by atoms with Crippen molar-refractivity contribution >= 4 is 140 Å². The molecule has 0 unspecified atom stereocenters. The van der Waals surface area contributed by atoms with Gasteiger partial charge in [0, 0.05) is 0 Å². The van der Waals surface area contributed by atoms with E-state index in [-0.39, 0.29) is 133 Å². The first kappa shape index (κ1) is 29.9. The summed E-state index contributed by atoms with van der Waals surface area (Å²) in [7, 11) is 0. The van der Waals surface area contributed by atoms with Crippen LogP contribution >= 0.6 is 0 Å². The normalized spacial score (nSPS) is 5.71. The third-order valence-electron chi connectivity index (χ3n) is 0.341. The average Bonchev–Trinajstić information content (AvgIpc) is 1.58. The molecule has 0 bridgehead atoms. The predicted octanol–water partition coefficient (Wildman–Crippen LogP) is -0.128. The summed E-state index contributed by atoms with van der Waals surface area (Å²) in [6, 6.07) is 0. The Balaban J connectivity index is -0.00000000614. The maximum Gasteiger partial charge on any atom is 2.00 e. The molecular weight excluding hydrogens is 277 g/mol. The topological polar surface area (TPSA) is 110 Å². The summed E-state index contributed by atoms with van der Waals surface area (Å²) in [6.07, 6.45) is -5.64. The van der Waals surface area contributed by atoms with E-state index in [0.29, 0.717) is 0 Å². The van der Waals surface area contributed by atoms with Crippen LogP contribution in [0.15, 0.2) is 0 Å². The third-order valence-corrected chi connectivity index (χ3v) is 0.341. The second-order valence-corrected chi connectivity index (χ2v) is 0.986. The van der Waals surface area contributed by atoms with Gasteiger partial charge in [-0.1, -0.05) is 0 Å². The average molecular weight is 287 g/mol. The van der Waals surface area contributed by atoms with E-state index in [1.807, 2.05) is 0 Å². The van der Waals surface area contributed by atoms with Crippen LogP contribution in [-0.2, 0) is 9.47 Å². The molecule has 0 spiro atoms. The maximum atomic E-state index is 9.86. The Labute approximate surface area is 182 Å². The van der Waals surface area contributed by atoms with E-state index in [2.05, 4.69) is 9.47 Å². The molecule has 0 amide bonds. The predicted molar refractivity (Wildman–Crippen MR) is 55.5 cm³/mol. The molecule has 11 heteroatoms. The monoisotopic (exact) mass is 286 g/mol. The van der Waals surface area contributed by atoms with E-state index in [1.165, 1.54) is 0 Å². The largest absolute Gasteiger partial charge is 2.00 e. The Morgan fingerprint density at radius 3 is 1.21 bits per heavy atom. The standard InChI is InChI=1S/C3H2O7.2Ca.2Mg.8H/c4-1(5)9-3(8)10-2(6)7;;;;;;;;;;;;/h(H,4,5)(H,6,7);;;;;;;;;;;;/q;4*+2;8*-1. The summed E-state index contributed by atoms with van der Waals surface area (Å²) in [5.74, 6) is 0. The first-order valence-electron chi connectivity index (χ1n) is 1.88. The fourth-order valence-electron chi connectivity index (χ4n) is 0.163. The summed E-state index contributed by atoms with van der Waals surface area (Å²) in [5.41, 5.74) is 0. The number of hydrogen-bond donors (Lipinski definition) is 2. The van der Waals surface area contributed by atoms with Crippen molar-refractivity contribution in [1.82, 2.24) is 0 Å².